The van der Waals surface area contributed by atoms with E-state index in [1.54, 1.807) is 12.3 Å². The highest BCUT2D eigenvalue weighted by atomic mass is 19.1. The summed E-state index contributed by atoms with van der Waals surface area (Å²) in [7, 11) is 0. The van der Waals surface area contributed by atoms with Gasteiger partial charge in [0.2, 0.25) is 0 Å². The quantitative estimate of drug-likeness (QED) is 0.675. The van der Waals surface area contributed by atoms with Gasteiger partial charge in [-0.25, -0.2) is 14.4 Å². The molecule has 0 atom stereocenters. The Morgan fingerprint density at radius 2 is 2.15 bits per heavy atom. The zero-order valence-corrected chi connectivity index (χ0v) is 11.2. The molecule has 0 spiro atoms. The molecule has 0 radical (unpaired) electrons. The summed E-state index contributed by atoms with van der Waals surface area (Å²) in [6, 6.07) is 6.93. The van der Waals surface area contributed by atoms with Gasteiger partial charge in [-0.1, -0.05) is 0 Å². The lowest BCUT2D eigenvalue weighted by molar-refractivity contribution is 0.629. The summed E-state index contributed by atoms with van der Waals surface area (Å²) >= 11 is 0. The third-order valence-electron chi connectivity index (χ3n) is 3.96. The number of aromatic nitrogens is 3. The van der Waals surface area contributed by atoms with Gasteiger partial charge >= 0.3 is 0 Å². The van der Waals surface area contributed by atoms with Crippen molar-refractivity contribution in [1.82, 2.24) is 14.5 Å². The van der Waals surface area contributed by atoms with Crippen LogP contribution in [0.5, 0.6) is 0 Å². The molecule has 4 heteroatoms. The third-order valence-corrected chi connectivity index (χ3v) is 3.96. The molecule has 0 N–H and O–H groups in total. The van der Waals surface area contributed by atoms with Crippen molar-refractivity contribution in [2.24, 2.45) is 0 Å². The van der Waals surface area contributed by atoms with Crippen molar-refractivity contribution in [3.63, 3.8) is 0 Å². The van der Waals surface area contributed by atoms with E-state index in [1.807, 2.05) is 19.1 Å². The van der Waals surface area contributed by atoms with Crippen LogP contribution in [0.1, 0.15) is 17.9 Å². The van der Waals surface area contributed by atoms with Crippen molar-refractivity contribution >= 4 is 10.9 Å². The maximum Gasteiger partial charge on any atom is 0.125 e. The van der Waals surface area contributed by atoms with Gasteiger partial charge in [-0.3, -0.25) is 0 Å². The molecule has 1 aromatic carbocycles. The van der Waals surface area contributed by atoms with E-state index in [1.165, 1.54) is 11.8 Å². The van der Waals surface area contributed by atoms with Crippen LogP contribution in [0.3, 0.4) is 0 Å². The van der Waals surface area contributed by atoms with Gasteiger partial charge in [0.15, 0.2) is 0 Å². The van der Waals surface area contributed by atoms with E-state index in [0.717, 1.165) is 47.4 Å². The highest BCUT2D eigenvalue weighted by Gasteiger charge is 2.23. The van der Waals surface area contributed by atoms with Gasteiger partial charge in [0.1, 0.15) is 11.6 Å². The van der Waals surface area contributed by atoms with Gasteiger partial charge in [0.25, 0.3) is 0 Å². The normalized spacial score (nSPS) is 13.9. The Kier molecular flexibility index (Phi) is 2.39. The molecule has 0 saturated carbocycles. The first-order chi connectivity index (χ1) is 9.74. The van der Waals surface area contributed by atoms with Crippen LogP contribution in [-0.4, -0.2) is 14.5 Å². The number of rotatable bonds is 1. The maximum atomic E-state index is 13.6. The molecule has 3 nitrogen and oxygen atoms in total. The summed E-state index contributed by atoms with van der Waals surface area (Å²) in [5.74, 6) is 0.541. The van der Waals surface area contributed by atoms with Gasteiger partial charge in [-0.15, -0.1) is 0 Å². The van der Waals surface area contributed by atoms with E-state index in [9.17, 15) is 4.39 Å². The van der Waals surface area contributed by atoms with Crippen LogP contribution >= 0.6 is 0 Å². The lowest BCUT2D eigenvalue weighted by Crippen LogP contribution is -1.93. The average Bonchev–Trinajstić information content (AvgIpc) is 2.98. The molecule has 0 fully saturated rings. The molecule has 20 heavy (non-hydrogen) atoms. The zero-order valence-electron chi connectivity index (χ0n) is 11.2. The Labute approximate surface area is 116 Å². The van der Waals surface area contributed by atoms with Crippen LogP contribution < -0.4 is 0 Å². The van der Waals surface area contributed by atoms with E-state index >= 15 is 0 Å². The highest BCUT2D eigenvalue weighted by Crippen LogP contribution is 2.37. The Hall–Kier alpha value is -2.23. The van der Waals surface area contributed by atoms with Crippen molar-refractivity contribution in [1.29, 1.82) is 0 Å². The van der Waals surface area contributed by atoms with Gasteiger partial charge in [0.05, 0.1) is 5.69 Å². The fraction of sp³-hybridized carbons (Fsp3) is 0.250. The van der Waals surface area contributed by atoms with E-state index in [4.69, 9.17) is 0 Å². The van der Waals surface area contributed by atoms with Crippen LogP contribution in [0.15, 0.2) is 30.5 Å². The number of fused-ring (bicyclic) bond motifs is 3. The minimum absolute atomic E-state index is 0.200. The fourth-order valence-electron chi connectivity index (χ4n) is 3.18. The first kappa shape index (κ1) is 11.6. The summed E-state index contributed by atoms with van der Waals surface area (Å²) in [6.07, 6.45) is 3.93. The minimum atomic E-state index is -0.200. The van der Waals surface area contributed by atoms with Crippen LogP contribution in [0.2, 0.25) is 0 Å². The fourth-order valence-corrected chi connectivity index (χ4v) is 3.18. The predicted molar refractivity (Wildman–Crippen MR) is 76.0 cm³/mol. The molecule has 100 valence electrons. The summed E-state index contributed by atoms with van der Waals surface area (Å²) in [4.78, 5) is 8.67. The average molecular weight is 267 g/mol. The smallest absolute Gasteiger partial charge is 0.125 e. The molecular formula is C16H14FN3. The van der Waals surface area contributed by atoms with Gasteiger partial charge in [-0.05, 0) is 44.0 Å². The molecule has 4 rings (SSSR count). The Balaban J connectivity index is 2.10. The summed E-state index contributed by atoms with van der Waals surface area (Å²) < 4.78 is 15.9. The van der Waals surface area contributed by atoms with Crippen LogP contribution in [0.25, 0.3) is 22.2 Å². The number of hydrogen-bond acceptors (Lipinski definition) is 2. The summed E-state index contributed by atoms with van der Waals surface area (Å²) in [5.41, 5.74) is 4.33. The molecule has 1 aliphatic heterocycles. The highest BCUT2D eigenvalue weighted by molar-refractivity contribution is 5.97. The largest absolute Gasteiger partial charge is 0.344 e. The standard InChI is InChI=1S/C16H14FN3/c1-10-18-7-6-13(19-10)16-12-9-11(17)4-5-14(12)20-8-2-3-15(16)20/h4-7,9H,2-3,8H2,1H3. The molecule has 0 amide bonds. The van der Waals surface area contributed by atoms with Crippen molar-refractivity contribution in [3.05, 3.63) is 47.8 Å². The van der Waals surface area contributed by atoms with Crippen molar-refractivity contribution in [3.8, 4) is 11.3 Å². The van der Waals surface area contributed by atoms with Crippen molar-refractivity contribution in [2.45, 2.75) is 26.3 Å². The number of halogens is 1. The maximum absolute atomic E-state index is 13.6. The number of benzene rings is 1. The Morgan fingerprint density at radius 1 is 1.25 bits per heavy atom. The van der Waals surface area contributed by atoms with Gasteiger partial charge < -0.3 is 4.57 Å². The Morgan fingerprint density at radius 3 is 3.00 bits per heavy atom. The predicted octanol–water partition coefficient (Wildman–Crippen LogP) is 3.49. The van der Waals surface area contributed by atoms with E-state index in [-0.39, 0.29) is 5.82 Å². The second-order valence-corrected chi connectivity index (χ2v) is 5.23. The van der Waals surface area contributed by atoms with Crippen molar-refractivity contribution in [2.75, 3.05) is 0 Å². The third kappa shape index (κ3) is 1.57. The second-order valence-electron chi connectivity index (χ2n) is 5.23. The molecule has 0 bridgehead atoms. The number of aryl methyl sites for hydroxylation is 2. The lowest BCUT2D eigenvalue weighted by atomic mass is 10.0. The molecule has 3 aromatic rings. The van der Waals surface area contributed by atoms with E-state index in [0.29, 0.717) is 0 Å². The first-order valence-corrected chi connectivity index (χ1v) is 6.85. The second kappa shape index (κ2) is 4.13. The summed E-state index contributed by atoms with van der Waals surface area (Å²) in [5, 5.41) is 0.956. The van der Waals surface area contributed by atoms with Gasteiger partial charge in [0, 0.05) is 34.9 Å². The molecular weight excluding hydrogens is 253 g/mol. The Bertz CT molecular complexity index is 820. The lowest BCUT2D eigenvalue weighted by Gasteiger charge is -2.03. The molecule has 1 aliphatic rings. The number of hydrogen-bond donors (Lipinski definition) is 0. The monoisotopic (exact) mass is 267 g/mol. The zero-order chi connectivity index (χ0) is 13.7. The van der Waals surface area contributed by atoms with E-state index < -0.39 is 0 Å². The van der Waals surface area contributed by atoms with Crippen LogP contribution in [0, 0.1) is 12.7 Å². The topological polar surface area (TPSA) is 30.7 Å². The van der Waals surface area contributed by atoms with Crippen molar-refractivity contribution < 1.29 is 4.39 Å². The summed E-state index contributed by atoms with van der Waals surface area (Å²) in [6.45, 7) is 2.88. The number of nitrogens with zero attached hydrogens (tertiary/aromatic N) is 3. The molecule has 0 aliphatic carbocycles. The molecule has 2 aromatic heterocycles. The SMILES string of the molecule is Cc1nccc(-c2c3n(c4ccc(F)cc24)CCC3)n1. The minimum Gasteiger partial charge on any atom is -0.344 e. The van der Waals surface area contributed by atoms with E-state index in [2.05, 4.69) is 14.5 Å². The molecule has 3 heterocycles. The molecule has 0 saturated heterocycles. The van der Waals surface area contributed by atoms with Gasteiger partial charge in [-0.2, -0.15) is 0 Å². The van der Waals surface area contributed by atoms with Crippen LogP contribution in [-0.2, 0) is 13.0 Å². The first-order valence-electron chi connectivity index (χ1n) is 6.85. The van der Waals surface area contributed by atoms with Crippen LogP contribution in [0.4, 0.5) is 4.39 Å². The molecule has 0 unspecified atom stereocenters.